The van der Waals surface area contributed by atoms with Crippen molar-refractivity contribution in [1.29, 1.82) is 0 Å². The van der Waals surface area contributed by atoms with Crippen LogP contribution in [-0.2, 0) is 11.3 Å². The molecule has 4 N–H and O–H groups in total. The second-order valence-corrected chi connectivity index (χ2v) is 8.87. The average molecular weight is 465 g/mol. The molecule has 0 atom stereocenters. The van der Waals surface area contributed by atoms with Gasteiger partial charge >= 0.3 is 12.0 Å². The molecule has 1 amide bonds. The fraction of sp³-hybridized carbons (Fsp3) is 0.435. The molecule has 34 heavy (non-hydrogen) atoms. The van der Waals surface area contributed by atoms with E-state index in [1.807, 2.05) is 18.2 Å². The van der Waals surface area contributed by atoms with E-state index in [1.165, 1.54) is 10.9 Å². The minimum absolute atomic E-state index is 0.228. The number of nitrogens with one attached hydrogen (secondary N) is 3. The number of hydrogen-bond acceptors (Lipinski definition) is 8. The molecule has 3 heterocycles. The summed E-state index contributed by atoms with van der Waals surface area (Å²) in [4.78, 5) is 39.5. The van der Waals surface area contributed by atoms with Crippen molar-refractivity contribution >= 4 is 40.6 Å². The Morgan fingerprint density at radius 3 is 2.65 bits per heavy atom. The van der Waals surface area contributed by atoms with Gasteiger partial charge in [0.2, 0.25) is 5.95 Å². The van der Waals surface area contributed by atoms with Crippen molar-refractivity contribution in [1.82, 2.24) is 29.7 Å². The van der Waals surface area contributed by atoms with Gasteiger partial charge < -0.3 is 21.1 Å². The van der Waals surface area contributed by atoms with Gasteiger partial charge in [0.15, 0.2) is 17.0 Å². The summed E-state index contributed by atoms with van der Waals surface area (Å²) in [5.41, 5.74) is 2.89. The van der Waals surface area contributed by atoms with Crippen molar-refractivity contribution in [2.75, 3.05) is 30.8 Å². The van der Waals surface area contributed by atoms with E-state index in [0.29, 0.717) is 35.8 Å². The molecule has 0 unspecified atom stereocenters. The van der Waals surface area contributed by atoms with Crippen molar-refractivity contribution < 1.29 is 14.7 Å². The summed E-state index contributed by atoms with van der Waals surface area (Å²) in [5, 5.41) is 18.4. The molecule has 5 rings (SSSR count). The summed E-state index contributed by atoms with van der Waals surface area (Å²) in [6.45, 7) is 2.29. The standard InChI is InChI=1S/C23H28N8O3/c1-24-19-18-20(31(13-25-18)23(34)27-16-5-6-16)29-22(28-19)26-17-4-2-3-14(11-17)12-30-9-7-15(8-10-30)21(32)33/h2-4,11,13,15-16H,5-10,12H2,1H3,(H,27,34)(H,32,33)(H2,24,26,28,29). The van der Waals surface area contributed by atoms with Crippen molar-refractivity contribution in [2.45, 2.75) is 38.3 Å². The molecule has 11 nitrogen and oxygen atoms in total. The number of aromatic nitrogens is 4. The van der Waals surface area contributed by atoms with Crippen LogP contribution in [0.15, 0.2) is 30.6 Å². The highest BCUT2D eigenvalue weighted by atomic mass is 16.4. The lowest BCUT2D eigenvalue weighted by atomic mass is 9.97. The van der Waals surface area contributed by atoms with Gasteiger partial charge in [-0.15, -0.1) is 0 Å². The summed E-state index contributed by atoms with van der Waals surface area (Å²) in [6, 6.07) is 7.97. The van der Waals surface area contributed by atoms with Crippen LogP contribution in [0.25, 0.3) is 11.2 Å². The quantitative estimate of drug-likeness (QED) is 0.416. The Hall–Kier alpha value is -3.73. The first-order valence-corrected chi connectivity index (χ1v) is 11.5. The van der Waals surface area contributed by atoms with Crippen molar-refractivity contribution in [2.24, 2.45) is 5.92 Å². The number of aliphatic carboxylic acids is 1. The van der Waals surface area contributed by atoms with Crippen LogP contribution < -0.4 is 16.0 Å². The number of carbonyl (C=O) groups excluding carboxylic acids is 1. The van der Waals surface area contributed by atoms with Crippen LogP contribution in [0.4, 0.5) is 22.2 Å². The molecule has 1 saturated carbocycles. The number of benzene rings is 1. The molecule has 2 aliphatic rings. The molecule has 178 valence electrons. The zero-order valence-electron chi connectivity index (χ0n) is 19.0. The lowest BCUT2D eigenvalue weighted by Crippen LogP contribution is -2.35. The first kappa shape index (κ1) is 22.1. The fourth-order valence-corrected chi connectivity index (χ4v) is 4.22. The topological polar surface area (TPSA) is 137 Å². The second kappa shape index (κ2) is 9.26. The maximum atomic E-state index is 12.6. The SMILES string of the molecule is CNc1nc(Nc2cccc(CN3CCC(C(=O)O)CC3)c2)nc2c1ncn2C(=O)NC1CC1. The Kier molecular flexibility index (Phi) is 6.01. The molecule has 2 aromatic heterocycles. The van der Waals surface area contributed by atoms with E-state index < -0.39 is 5.97 Å². The summed E-state index contributed by atoms with van der Waals surface area (Å²) >= 11 is 0. The number of hydrogen-bond donors (Lipinski definition) is 4. The van der Waals surface area contributed by atoms with Gasteiger partial charge in [-0.2, -0.15) is 9.97 Å². The molecule has 1 saturated heterocycles. The molecule has 0 spiro atoms. The zero-order valence-corrected chi connectivity index (χ0v) is 19.0. The first-order chi connectivity index (χ1) is 16.5. The molecule has 11 heteroatoms. The maximum absolute atomic E-state index is 12.6. The van der Waals surface area contributed by atoms with Crippen molar-refractivity contribution in [3.8, 4) is 0 Å². The molecule has 0 radical (unpaired) electrons. The van der Waals surface area contributed by atoms with E-state index in [0.717, 1.165) is 43.7 Å². The lowest BCUT2D eigenvalue weighted by molar-refractivity contribution is -0.143. The van der Waals surface area contributed by atoms with Crippen LogP contribution in [0.5, 0.6) is 0 Å². The maximum Gasteiger partial charge on any atom is 0.328 e. The average Bonchev–Trinajstić information content (AvgIpc) is 3.54. The smallest absolute Gasteiger partial charge is 0.328 e. The Morgan fingerprint density at radius 1 is 1.15 bits per heavy atom. The number of anilines is 3. The number of carboxylic acid groups (broad SMARTS) is 1. The van der Waals surface area contributed by atoms with E-state index in [4.69, 9.17) is 0 Å². The number of amides is 1. The number of nitrogens with zero attached hydrogens (tertiary/aromatic N) is 5. The van der Waals surface area contributed by atoms with Crippen LogP contribution in [-0.4, -0.2) is 67.7 Å². The lowest BCUT2D eigenvalue weighted by Gasteiger charge is -2.30. The summed E-state index contributed by atoms with van der Waals surface area (Å²) in [5.74, 6) is -0.0484. The van der Waals surface area contributed by atoms with Gasteiger partial charge in [-0.05, 0) is 56.5 Å². The number of likely N-dealkylation sites (tertiary alicyclic amines) is 1. The van der Waals surface area contributed by atoms with Gasteiger partial charge in [0.25, 0.3) is 0 Å². The van der Waals surface area contributed by atoms with Gasteiger partial charge in [0.05, 0.1) is 5.92 Å². The molecule has 0 bridgehead atoms. The van der Waals surface area contributed by atoms with Gasteiger partial charge in [-0.1, -0.05) is 12.1 Å². The van der Waals surface area contributed by atoms with Crippen molar-refractivity contribution in [3.63, 3.8) is 0 Å². The van der Waals surface area contributed by atoms with E-state index >= 15 is 0 Å². The highest BCUT2D eigenvalue weighted by Gasteiger charge is 2.26. The van der Waals surface area contributed by atoms with Gasteiger partial charge in [-0.25, -0.2) is 14.3 Å². The molecule has 1 aliphatic heterocycles. The van der Waals surface area contributed by atoms with Gasteiger partial charge in [-0.3, -0.25) is 9.69 Å². The minimum Gasteiger partial charge on any atom is -0.481 e. The second-order valence-electron chi connectivity index (χ2n) is 8.87. The van der Waals surface area contributed by atoms with Crippen LogP contribution in [0, 0.1) is 5.92 Å². The number of piperidine rings is 1. The molecular formula is C23H28N8O3. The van der Waals surface area contributed by atoms with Crippen molar-refractivity contribution in [3.05, 3.63) is 36.2 Å². The van der Waals surface area contributed by atoms with Crippen LogP contribution in [0.2, 0.25) is 0 Å². The Bertz CT molecular complexity index is 1210. The van der Waals surface area contributed by atoms with Crippen LogP contribution in [0.1, 0.15) is 31.2 Å². The predicted octanol–water partition coefficient (Wildman–Crippen LogP) is 2.63. The number of carbonyl (C=O) groups is 2. The van der Waals surface area contributed by atoms with Crippen LogP contribution >= 0.6 is 0 Å². The summed E-state index contributed by atoms with van der Waals surface area (Å²) in [7, 11) is 1.75. The summed E-state index contributed by atoms with van der Waals surface area (Å²) < 4.78 is 1.42. The minimum atomic E-state index is -0.699. The number of carboxylic acids is 1. The molecule has 1 aromatic carbocycles. The van der Waals surface area contributed by atoms with Gasteiger partial charge in [0, 0.05) is 25.3 Å². The fourth-order valence-electron chi connectivity index (χ4n) is 4.22. The van der Waals surface area contributed by atoms with Crippen LogP contribution in [0.3, 0.4) is 0 Å². The third kappa shape index (κ3) is 4.79. The van der Waals surface area contributed by atoms with Gasteiger partial charge in [0.1, 0.15) is 6.33 Å². The molecule has 3 aromatic rings. The molecule has 1 aliphatic carbocycles. The van der Waals surface area contributed by atoms with E-state index in [2.05, 4.69) is 41.9 Å². The Morgan fingerprint density at radius 2 is 1.94 bits per heavy atom. The first-order valence-electron chi connectivity index (χ1n) is 11.5. The Balaban J connectivity index is 1.32. The molecular weight excluding hydrogens is 436 g/mol. The van der Waals surface area contributed by atoms with E-state index in [-0.39, 0.29) is 18.0 Å². The summed E-state index contributed by atoms with van der Waals surface area (Å²) in [6.07, 6.45) is 4.81. The number of imidazole rings is 1. The Labute approximate surface area is 196 Å². The third-order valence-electron chi connectivity index (χ3n) is 6.28. The van der Waals surface area contributed by atoms with E-state index in [9.17, 15) is 14.7 Å². The molecule has 2 fully saturated rings. The highest BCUT2D eigenvalue weighted by molar-refractivity contribution is 5.92. The number of rotatable bonds is 7. The monoisotopic (exact) mass is 464 g/mol. The zero-order chi connectivity index (χ0) is 23.7. The normalized spacial score (nSPS) is 17.0. The van der Waals surface area contributed by atoms with E-state index in [1.54, 1.807) is 7.05 Å². The highest BCUT2D eigenvalue weighted by Crippen LogP contribution is 2.25. The predicted molar refractivity (Wildman–Crippen MR) is 127 cm³/mol. The number of fused-ring (bicyclic) bond motifs is 1. The third-order valence-corrected chi connectivity index (χ3v) is 6.28. The largest absolute Gasteiger partial charge is 0.481 e.